The molecule has 0 heterocycles. The van der Waals surface area contributed by atoms with E-state index in [0.29, 0.717) is 12.4 Å². The molecule has 1 aromatic carbocycles. The second-order valence-corrected chi connectivity index (χ2v) is 6.46. The first-order valence-electron chi connectivity index (χ1n) is 9.09. The fourth-order valence-corrected chi connectivity index (χ4v) is 2.87. The van der Waals surface area contributed by atoms with E-state index in [1.807, 2.05) is 18.2 Å². The van der Waals surface area contributed by atoms with Gasteiger partial charge < -0.3 is 19.9 Å². The first-order chi connectivity index (χ1) is 12.1. The van der Waals surface area contributed by atoms with Gasteiger partial charge in [0.25, 0.3) is 0 Å². The Bertz CT molecular complexity index is 577. The Morgan fingerprint density at radius 1 is 1.28 bits per heavy atom. The minimum atomic E-state index is -0.214. The van der Waals surface area contributed by atoms with Gasteiger partial charge in [-0.05, 0) is 55.9 Å². The molecule has 138 valence electrons. The Morgan fingerprint density at radius 2 is 2.04 bits per heavy atom. The highest BCUT2D eigenvalue weighted by Gasteiger charge is 2.19. The van der Waals surface area contributed by atoms with E-state index in [1.54, 1.807) is 13.2 Å². The van der Waals surface area contributed by atoms with Crippen LogP contribution in [-0.2, 0) is 4.79 Å². The van der Waals surface area contributed by atoms with Gasteiger partial charge in [-0.3, -0.25) is 4.79 Å². The average Bonchev–Trinajstić information content (AvgIpc) is 2.62. The summed E-state index contributed by atoms with van der Waals surface area (Å²) in [4.78, 5) is 12.0. The summed E-state index contributed by atoms with van der Waals surface area (Å²) in [7, 11) is 1.61. The number of aliphatic hydroxyl groups is 1. The summed E-state index contributed by atoms with van der Waals surface area (Å²) < 4.78 is 11.1. The van der Waals surface area contributed by atoms with Gasteiger partial charge in [-0.1, -0.05) is 19.4 Å². The standard InChI is InChI=1S/C20H29NO4/c1-3-4-13-25-18-11-5-15(14-19(18)24-2)6-12-20(23)21-16-7-9-17(22)10-8-16/h5-6,11-12,14,16-17,22H,3-4,7-10,13H2,1-2H3,(H,21,23). The molecule has 5 nitrogen and oxygen atoms in total. The van der Waals surface area contributed by atoms with E-state index in [-0.39, 0.29) is 18.1 Å². The fourth-order valence-electron chi connectivity index (χ4n) is 2.87. The van der Waals surface area contributed by atoms with Gasteiger partial charge in [-0.25, -0.2) is 0 Å². The highest BCUT2D eigenvalue weighted by Crippen LogP contribution is 2.28. The zero-order valence-electron chi connectivity index (χ0n) is 15.2. The van der Waals surface area contributed by atoms with Crippen LogP contribution in [0.2, 0.25) is 0 Å². The summed E-state index contributed by atoms with van der Waals surface area (Å²) in [5.74, 6) is 1.28. The lowest BCUT2D eigenvalue weighted by molar-refractivity contribution is -0.117. The zero-order valence-corrected chi connectivity index (χ0v) is 15.2. The number of ether oxygens (including phenoxy) is 2. The molecule has 1 aliphatic carbocycles. The third kappa shape index (κ3) is 6.42. The van der Waals surface area contributed by atoms with Gasteiger partial charge in [-0.15, -0.1) is 0 Å². The predicted octanol–water partition coefficient (Wildman–Crippen LogP) is 3.31. The van der Waals surface area contributed by atoms with Gasteiger partial charge in [0.2, 0.25) is 5.91 Å². The summed E-state index contributed by atoms with van der Waals surface area (Å²) in [5.41, 5.74) is 0.883. The summed E-state index contributed by atoms with van der Waals surface area (Å²) in [6.45, 7) is 2.79. The van der Waals surface area contributed by atoms with Crippen LogP contribution in [0.4, 0.5) is 0 Å². The van der Waals surface area contributed by atoms with Crippen LogP contribution in [0.5, 0.6) is 11.5 Å². The summed E-state index contributed by atoms with van der Waals surface area (Å²) in [5, 5.41) is 12.5. The molecule has 0 saturated heterocycles. The number of carbonyl (C=O) groups excluding carboxylic acids is 1. The first kappa shape index (κ1) is 19.3. The molecule has 0 radical (unpaired) electrons. The van der Waals surface area contributed by atoms with Crippen molar-refractivity contribution in [2.45, 2.75) is 57.6 Å². The summed E-state index contributed by atoms with van der Waals surface area (Å²) in [6.07, 6.45) is 8.35. The lowest BCUT2D eigenvalue weighted by Crippen LogP contribution is -2.37. The number of methoxy groups -OCH3 is 1. The van der Waals surface area contributed by atoms with Crippen LogP contribution in [0.3, 0.4) is 0 Å². The van der Waals surface area contributed by atoms with Crippen LogP contribution in [0.15, 0.2) is 24.3 Å². The average molecular weight is 347 g/mol. The SMILES string of the molecule is CCCCOc1ccc(C=CC(=O)NC2CCC(O)CC2)cc1OC. The van der Waals surface area contributed by atoms with Gasteiger partial charge in [0.05, 0.1) is 19.8 Å². The minimum Gasteiger partial charge on any atom is -0.493 e. The normalized spacial score (nSPS) is 20.4. The molecule has 5 heteroatoms. The lowest BCUT2D eigenvalue weighted by atomic mass is 9.93. The highest BCUT2D eigenvalue weighted by molar-refractivity contribution is 5.92. The predicted molar refractivity (Wildman–Crippen MR) is 98.8 cm³/mol. The van der Waals surface area contributed by atoms with Gasteiger partial charge in [0, 0.05) is 12.1 Å². The maximum Gasteiger partial charge on any atom is 0.244 e. The fraction of sp³-hybridized carbons (Fsp3) is 0.550. The molecule has 2 N–H and O–H groups in total. The van der Waals surface area contributed by atoms with E-state index in [4.69, 9.17) is 9.47 Å². The van der Waals surface area contributed by atoms with Crippen LogP contribution in [0.25, 0.3) is 6.08 Å². The van der Waals surface area contributed by atoms with E-state index >= 15 is 0 Å². The minimum absolute atomic E-state index is 0.108. The largest absolute Gasteiger partial charge is 0.493 e. The van der Waals surface area contributed by atoms with Crippen LogP contribution in [0.1, 0.15) is 51.0 Å². The second-order valence-electron chi connectivity index (χ2n) is 6.46. The monoisotopic (exact) mass is 347 g/mol. The lowest BCUT2D eigenvalue weighted by Gasteiger charge is -2.25. The molecule has 1 fully saturated rings. The van der Waals surface area contributed by atoms with Crippen molar-refractivity contribution in [2.75, 3.05) is 13.7 Å². The smallest absolute Gasteiger partial charge is 0.244 e. The molecule has 2 rings (SSSR count). The Morgan fingerprint density at radius 3 is 2.72 bits per heavy atom. The molecule has 1 aromatic rings. The molecular weight excluding hydrogens is 318 g/mol. The number of amides is 1. The number of unbranched alkanes of at least 4 members (excludes halogenated alkanes) is 1. The van der Waals surface area contributed by atoms with Crippen molar-refractivity contribution in [2.24, 2.45) is 0 Å². The van der Waals surface area contributed by atoms with Crippen LogP contribution in [-0.4, -0.2) is 36.9 Å². The van der Waals surface area contributed by atoms with E-state index in [2.05, 4.69) is 12.2 Å². The molecule has 25 heavy (non-hydrogen) atoms. The Hall–Kier alpha value is -2.01. The third-order valence-corrected chi connectivity index (χ3v) is 4.41. The molecule has 0 unspecified atom stereocenters. The quantitative estimate of drug-likeness (QED) is 0.559. The van der Waals surface area contributed by atoms with E-state index in [0.717, 1.165) is 49.8 Å². The number of hydrogen-bond acceptors (Lipinski definition) is 4. The van der Waals surface area contributed by atoms with Crippen molar-refractivity contribution >= 4 is 12.0 Å². The topological polar surface area (TPSA) is 67.8 Å². The van der Waals surface area contributed by atoms with E-state index < -0.39 is 0 Å². The maximum absolute atomic E-state index is 12.0. The van der Waals surface area contributed by atoms with Gasteiger partial charge in [-0.2, -0.15) is 0 Å². The van der Waals surface area contributed by atoms with E-state index in [9.17, 15) is 9.90 Å². The van der Waals surface area contributed by atoms with Crippen molar-refractivity contribution in [1.29, 1.82) is 0 Å². The number of nitrogens with one attached hydrogen (secondary N) is 1. The number of rotatable bonds is 8. The zero-order chi connectivity index (χ0) is 18.1. The van der Waals surface area contributed by atoms with Crippen LogP contribution in [0, 0.1) is 0 Å². The van der Waals surface area contributed by atoms with Crippen molar-refractivity contribution in [1.82, 2.24) is 5.32 Å². The Balaban J connectivity index is 1.90. The van der Waals surface area contributed by atoms with Gasteiger partial charge in [0.15, 0.2) is 11.5 Å². The molecule has 1 amide bonds. The molecule has 0 aliphatic heterocycles. The van der Waals surface area contributed by atoms with Crippen LogP contribution >= 0.6 is 0 Å². The highest BCUT2D eigenvalue weighted by atomic mass is 16.5. The number of aliphatic hydroxyl groups excluding tert-OH is 1. The maximum atomic E-state index is 12.0. The van der Waals surface area contributed by atoms with E-state index in [1.165, 1.54) is 6.08 Å². The second kappa shape index (κ2) is 10.1. The number of benzene rings is 1. The number of hydrogen-bond donors (Lipinski definition) is 2. The molecular formula is C20H29NO4. The molecule has 0 atom stereocenters. The van der Waals surface area contributed by atoms with Crippen molar-refractivity contribution in [3.8, 4) is 11.5 Å². The number of carbonyl (C=O) groups is 1. The van der Waals surface area contributed by atoms with Crippen molar-refractivity contribution < 1.29 is 19.4 Å². The molecule has 1 saturated carbocycles. The van der Waals surface area contributed by atoms with Gasteiger partial charge >= 0.3 is 0 Å². The Kier molecular flexibility index (Phi) is 7.79. The molecule has 0 aromatic heterocycles. The molecule has 1 aliphatic rings. The summed E-state index contributed by atoms with van der Waals surface area (Å²) >= 11 is 0. The van der Waals surface area contributed by atoms with Crippen molar-refractivity contribution in [3.63, 3.8) is 0 Å². The van der Waals surface area contributed by atoms with Gasteiger partial charge in [0.1, 0.15) is 0 Å². The van der Waals surface area contributed by atoms with Crippen LogP contribution < -0.4 is 14.8 Å². The third-order valence-electron chi connectivity index (χ3n) is 4.41. The molecule has 0 spiro atoms. The first-order valence-corrected chi connectivity index (χ1v) is 9.09. The molecule has 0 bridgehead atoms. The Labute approximate surface area is 150 Å². The van der Waals surface area contributed by atoms with Crippen molar-refractivity contribution in [3.05, 3.63) is 29.8 Å². The summed E-state index contributed by atoms with van der Waals surface area (Å²) in [6, 6.07) is 5.80.